The Morgan fingerprint density at radius 1 is 1.24 bits per heavy atom. The average molecular weight is 338 g/mol. The number of carbonyl (C=O) groups is 1. The molecular weight excluding hydrogens is 319 g/mol. The molecule has 1 atom stereocenters. The van der Waals surface area contributed by atoms with Crippen molar-refractivity contribution in [3.63, 3.8) is 0 Å². The van der Waals surface area contributed by atoms with Crippen LogP contribution in [0.25, 0.3) is 5.57 Å². The topological polar surface area (TPSA) is 42.4 Å². The summed E-state index contributed by atoms with van der Waals surface area (Å²) < 4.78 is 19.5. The first kappa shape index (κ1) is 15.8. The number of carbonyl (C=O) groups excluding carboxylic acids is 1. The van der Waals surface area contributed by atoms with E-state index in [-0.39, 0.29) is 11.5 Å². The van der Waals surface area contributed by atoms with Gasteiger partial charge in [-0.2, -0.15) is 0 Å². The van der Waals surface area contributed by atoms with Gasteiger partial charge in [-0.05, 0) is 54.3 Å². The van der Waals surface area contributed by atoms with Crippen LogP contribution in [0.2, 0.25) is 0 Å². The Labute approximate surface area is 145 Å². The van der Waals surface area contributed by atoms with Crippen LogP contribution in [0.4, 0.5) is 4.39 Å². The summed E-state index contributed by atoms with van der Waals surface area (Å²) in [5.41, 5.74) is 2.24. The van der Waals surface area contributed by atoms with Gasteiger partial charge in [0.1, 0.15) is 11.4 Å². The number of nitrogens with zero attached hydrogens (tertiary/aromatic N) is 2. The number of piperidine rings is 1. The van der Waals surface area contributed by atoms with Crippen molar-refractivity contribution in [2.75, 3.05) is 13.1 Å². The Bertz CT molecular complexity index is 821. The van der Waals surface area contributed by atoms with E-state index in [1.54, 1.807) is 29.4 Å². The van der Waals surface area contributed by atoms with Gasteiger partial charge in [-0.25, -0.2) is 4.39 Å². The van der Waals surface area contributed by atoms with Crippen LogP contribution in [0.5, 0.6) is 0 Å². The number of hydrogen-bond donors (Lipinski definition) is 0. The second kappa shape index (κ2) is 6.31. The fraction of sp³-hybridized carbons (Fsp3) is 0.300. The number of pyridine rings is 1. The summed E-state index contributed by atoms with van der Waals surface area (Å²) in [6.45, 7) is 1.19. The number of rotatable bonds is 2. The van der Waals surface area contributed by atoms with Gasteiger partial charge < -0.3 is 9.64 Å². The number of aromatic nitrogens is 1. The molecule has 0 aliphatic carbocycles. The summed E-state index contributed by atoms with van der Waals surface area (Å²) in [6.07, 6.45) is 7.89. The lowest BCUT2D eigenvalue weighted by Gasteiger charge is -2.39. The molecule has 1 aromatic carbocycles. The highest BCUT2D eigenvalue weighted by Crippen LogP contribution is 2.40. The third-order valence-corrected chi connectivity index (χ3v) is 4.91. The predicted octanol–water partition coefficient (Wildman–Crippen LogP) is 3.66. The smallest absolute Gasteiger partial charge is 0.254 e. The van der Waals surface area contributed by atoms with Crippen molar-refractivity contribution in [3.05, 3.63) is 72.0 Å². The Hall–Kier alpha value is -2.69. The first-order valence-electron chi connectivity index (χ1n) is 8.47. The first-order valence-corrected chi connectivity index (χ1v) is 8.47. The molecule has 0 radical (unpaired) electrons. The molecule has 128 valence electrons. The highest BCUT2D eigenvalue weighted by atomic mass is 19.1. The molecule has 4 rings (SSSR count). The van der Waals surface area contributed by atoms with Gasteiger partial charge in [-0.3, -0.25) is 9.78 Å². The number of hydrogen-bond acceptors (Lipinski definition) is 3. The maximum absolute atomic E-state index is 13.4. The number of benzene rings is 1. The first-order chi connectivity index (χ1) is 12.2. The van der Waals surface area contributed by atoms with E-state index in [9.17, 15) is 9.18 Å². The molecule has 2 aliphatic heterocycles. The molecule has 1 saturated heterocycles. The van der Waals surface area contributed by atoms with Gasteiger partial charge in [-0.15, -0.1) is 0 Å². The van der Waals surface area contributed by atoms with Gasteiger partial charge in [-0.1, -0.05) is 6.07 Å². The molecule has 1 unspecified atom stereocenters. The second-order valence-corrected chi connectivity index (χ2v) is 6.70. The van der Waals surface area contributed by atoms with Crippen LogP contribution >= 0.6 is 0 Å². The maximum Gasteiger partial charge on any atom is 0.254 e. The minimum Gasteiger partial charge on any atom is -0.492 e. The van der Waals surface area contributed by atoms with Gasteiger partial charge in [0.25, 0.3) is 5.91 Å². The Kier molecular flexibility index (Phi) is 3.99. The molecule has 0 saturated carbocycles. The van der Waals surface area contributed by atoms with Crippen LogP contribution in [0, 0.1) is 5.82 Å². The van der Waals surface area contributed by atoms with Crippen molar-refractivity contribution in [3.8, 4) is 0 Å². The van der Waals surface area contributed by atoms with Crippen molar-refractivity contribution < 1.29 is 13.9 Å². The number of ether oxygens (including phenoxy) is 1. The maximum atomic E-state index is 13.4. The number of halogens is 1. The summed E-state index contributed by atoms with van der Waals surface area (Å²) in [5.74, 6) is -0.532. The van der Waals surface area contributed by atoms with E-state index >= 15 is 0 Å². The summed E-state index contributed by atoms with van der Waals surface area (Å²) in [5, 5.41) is 0. The van der Waals surface area contributed by atoms with Crippen LogP contribution in [0.3, 0.4) is 0 Å². The number of amides is 1. The van der Waals surface area contributed by atoms with E-state index in [4.69, 9.17) is 4.74 Å². The lowest BCUT2D eigenvalue weighted by Crippen LogP contribution is -2.50. The van der Waals surface area contributed by atoms with Gasteiger partial charge >= 0.3 is 0 Å². The average Bonchev–Trinajstić information content (AvgIpc) is 3.05. The highest BCUT2D eigenvalue weighted by molar-refractivity contribution is 5.94. The van der Waals surface area contributed by atoms with Crippen LogP contribution < -0.4 is 0 Å². The molecule has 2 aliphatic rings. The van der Waals surface area contributed by atoms with Crippen LogP contribution in [-0.2, 0) is 4.74 Å². The van der Waals surface area contributed by atoms with E-state index in [2.05, 4.69) is 4.98 Å². The monoisotopic (exact) mass is 338 g/mol. The normalized spacial score (nSPS) is 22.6. The molecule has 1 amide bonds. The fourth-order valence-corrected chi connectivity index (χ4v) is 3.68. The highest BCUT2D eigenvalue weighted by Gasteiger charge is 2.42. The zero-order valence-corrected chi connectivity index (χ0v) is 13.8. The molecule has 1 fully saturated rings. The largest absolute Gasteiger partial charge is 0.492 e. The quantitative estimate of drug-likeness (QED) is 0.839. The van der Waals surface area contributed by atoms with Crippen molar-refractivity contribution in [2.45, 2.75) is 24.9 Å². The zero-order chi connectivity index (χ0) is 17.3. The summed E-state index contributed by atoms with van der Waals surface area (Å²) in [7, 11) is 0. The van der Waals surface area contributed by atoms with Gasteiger partial charge in [0.05, 0.1) is 12.8 Å². The number of likely N-dealkylation sites (tertiary alicyclic amines) is 1. The van der Waals surface area contributed by atoms with E-state index in [1.165, 1.54) is 12.1 Å². The minimum atomic E-state index is -0.392. The summed E-state index contributed by atoms with van der Waals surface area (Å²) in [6, 6.07) is 9.79. The molecule has 4 nitrogen and oxygen atoms in total. The Balaban J connectivity index is 1.49. The molecule has 0 N–H and O–H groups in total. The van der Waals surface area contributed by atoms with E-state index < -0.39 is 5.82 Å². The van der Waals surface area contributed by atoms with Crippen molar-refractivity contribution in [1.82, 2.24) is 9.88 Å². The predicted molar refractivity (Wildman–Crippen MR) is 92.2 cm³/mol. The minimum absolute atomic E-state index is 0.139. The molecular formula is C20H19FN2O2. The summed E-state index contributed by atoms with van der Waals surface area (Å²) >= 11 is 0. The standard InChI is InChI=1S/C20H19FN2O2/c21-18-4-1-3-16(11-18)19(24)23-10-2-7-20(14-23)12-17(13-25-20)15-5-8-22-9-6-15/h1,3-6,8-9,11,13H,2,7,10,12,14H2. The van der Waals surface area contributed by atoms with Crippen LogP contribution in [0.15, 0.2) is 55.1 Å². The Morgan fingerprint density at radius 2 is 2.08 bits per heavy atom. The van der Waals surface area contributed by atoms with Crippen LogP contribution in [0.1, 0.15) is 35.2 Å². The lowest BCUT2D eigenvalue weighted by molar-refractivity contribution is -0.0190. The van der Waals surface area contributed by atoms with Gasteiger partial charge in [0.2, 0.25) is 0 Å². The van der Waals surface area contributed by atoms with Crippen LogP contribution in [-0.4, -0.2) is 34.5 Å². The van der Waals surface area contributed by atoms with E-state index in [0.29, 0.717) is 18.7 Å². The van der Waals surface area contributed by atoms with Crippen molar-refractivity contribution >= 4 is 11.5 Å². The molecule has 1 spiro atoms. The fourth-order valence-electron chi connectivity index (χ4n) is 3.68. The molecule has 5 heteroatoms. The Morgan fingerprint density at radius 3 is 2.88 bits per heavy atom. The van der Waals surface area contributed by atoms with Crippen molar-refractivity contribution in [2.24, 2.45) is 0 Å². The zero-order valence-electron chi connectivity index (χ0n) is 13.8. The molecule has 2 aromatic rings. The van der Waals surface area contributed by atoms with Gasteiger partial charge in [0.15, 0.2) is 0 Å². The van der Waals surface area contributed by atoms with E-state index in [1.807, 2.05) is 18.4 Å². The van der Waals surface area contributed by atoms with Gasteiger partial charge in [0, 0.05) is 30.9 Å². The van der Waals surface area contributed by atoms with Crippen molar-refractivity contribution in [1.29, 1.82) is 0 Å². The summed E-state index contributed by atoms with van der Waals surface area (Å²) in [4.78, 5) is 18.5. The van der Waals surface area contributed by atoms with E-state index in [0.717, 1.165) is 30.4 Å². The molecule has 3 heterocycles. The molecule has 0 bridgehead atoms. The molecule has 1 aromatic heterocycles. The second-order valence-electron chi connectivity index (χ2n) is 6.70. The SMILES string of the molecule is O=C(c1cccc(F)c1)N1CCCC2(CC(c3ccncc3)=CO2)C1. The molecule has 25 heavy (non-hydrogen) atoms. The third kappa shape index (κ3) is 3.14. The lowest BCUT2D eigenvalue weighted by atomic mass is 9.86. The third-order valence-electron chi connectivity index (χ3n) is 4.91.